The summed E-state index contributed by atoms with van der Waals surface area (Å²) in [5, 5.41) is 42.8. The summed E-state index contributed by atoms with van der Waals surface area (Å²) in [5.41, 5.74) is -0.728. The fraction of sp³-hybridized carbons (Fsp3) is 0.875. The van der Waals surface area contributed by atoms with Gasteiger partial charge in [-0.1, -0.05) is 0 Å². The Morgan fingerprint density at radius 2 is 0.886 bits per heavy atom. The molecule has 3 aliphatic rings. The van der Waals surface area contributed by atoms with E-state index >= 15 is 0 Å². The molecular weight excluding hydrogens is 458 g/mol. The van der Waals surface area contributed by atoms with Crippen LogP contribution in [0.2, 0.25) is 0 Å². The molecule has 0 bridgehead atoms. The lowest BCUT2D eigenvalue weighted by Gasteiger charge is -2.17. The Labute approximate surface area is 209 Å². The highest BCUT2D eigenvalue weighted by Crippen LogP contribution is 2.13. The van der Waals surface area contributed by atoms with Gasteiger partial charge in [-0.25, -0.2) is 0 Å². The largest absolute Gasteiger partial charge is 0.481 e. The first kappa shape index (κ1) is 33.2. The van der Waals surface area contributed by atoms with Crippen LogP contribution in [0.1, 0.15) is 67.2 Å². The Morgan fingerprint density at radius 3 is 0.971 bits per heavy atom. The molecule has 0 radical (unpaired) electrons. The molecule has 11 heteroatoms. The number of nitrogens with zero attached hydrogens (tertiary/aromatic N) is 3. The van der Waals surface area contributed by atoms with E-state index in [9.17, 15) is 14.4 Å². The Balaban J connectivity index is 0.000000441. The molecule has 11 nitrogen and oxygen atoms in total. The van der Waals surface area contributed by atoms with E-state index in [-0.39, 0.29) is 37.4 Å². The Kier molecular flexibility index (Phi) is 15.2. The summed E-state index contributed by atoms with van der Waals surface area (Å²) >= 11 is 0. The summed E-state index contributed by atoms with van der Waals surface area (Å²) in [7, 11) is 0. The molecule has 0 aromatic carbocycles. The Hall–Kier alpha value is -1.79. The van der Waals surface area contributed by atoms with Crippen LogP contribution in [0, 0.1) is 0 Å². The van der Waals surface area contributed by atoms with Gasteiger partial charge in [0.15, 0.2) is 0 Å². The molecule has 3 heterocycles. The van der Waals surface area contributed by atoms with E-state index in [2.05, 4.69) is 14.7 Å². The Bertz CT molecular complexity index is 570. The molecule has 35 heavy (non-hydrogen) atoms. The minimum atomic E-state index is -0.728. The molecule has 3 saturated heterocycles. The minimum absolute atomic E-state index is 0.238. The van der Waals surface area contributed by atoms with Gasteiger partial charge in [0, 0.05) is 63.8 Å². The average molecular weight is 506 g/mol. The maximum absolute atomic E-state index is 10.1. The van der Waals surface area contributed by atoms with Gasteiger partial charge in [-0.2, -0.15) is 0 Å². The maximum atomic E-state index is 10.1. The fourth-order valence-electron chi connectivity index (χ4n) is 3.36. The highest BCUT2D eigenvalue weighted by atomic mass is 16.4. The third-order valence-electron chi connectivity index (χ3n) is 5.52. The van der Waals surface area contributed by atoms with Crippen molar-refractivity contribution in [3.63, 3.8) is 0 Å². The summed E-state index contributed by atoms with van der Waals surface area (Å²) in [6.45, 7) is 17.3. The van der Waals surface area contributed by atoms with Crippen LogP contribution >= 0.6 is 0 Å². The lowest BCUT2D eigenvalue weighted by Crippen LogP contribution is -2.24. The van der Waals surface area contributed by atoms with E-state index in [4.69, 9.17) is 25.5 Å². The molecule has 0 amide bonds. The summed E-state index contributed by atoms with van der Waals surface area (Å²) in [5.74, 6) is -2.10. The molecule has 0 saturated carbocycles. The zero-order chi connectivity index (χ0) is 27.3. The van der Waals surface area contributed by atoms with E-state index in [1.54, 1.807) is 20.8 Å². The number of carboxylic acid groups (broad SMARTS) is 3. The van der Waals surface area contributed by atoms with E-state index in [0.717, 1.165) is 39.3 Å². The third-order valence-corrected chi connectivity index (χ3v) is 5.52. The predicted octanol–water partition coefficient (Wildman–Crippen LogP) is 1.02. The summed E-state index contributed by atoms with van der Waals surface area (Å²) < 4.78 is 0. The first-order chi connectivity index (χ1) is 16.0. The highest BCUT2D eigenvalue weighted by molar-refractivity contribution is 5.68. The molecule has 5 N–H and O–H groups in total. The van der Waals surface area contributed by atoms with Crippen molar-refractivity contribution in [3.05, 3.63) is 0 Å². The highest BCUT2D eigenvalue weighted by Gasteiger charge is 2.26. The number of carbonyl (C=O) groups is 3. The zero-order valence-electron chi connectivity index (χ0n) is 22.2. The summed E-state index contributed by atoms with van der Waals surface area (Å²) in [6, 6.07) is 0.715. The van der Waals surface area contributed by atoms with E-state index in [0.29, 0.717) is 6.42 Å². The lowest BCUT2D eigenvalue weighted by molar-refractivity contribution is -0.138. The number of rotatable bonds is 11. The average Bonchev–Trinajstić information content (AvgIpc) is 3.56. The van der Waals surface area contributed by atoms with Crippen LogP contribution in [0.5, 0.6) is 0 Å². The third kappa shape index (κ3) is 22.4. The Morgan fingerprint density at radius 1 is 0.657 bits per heavy atom. The van der Waals surface area contributed by atoms with Crippen LogP contribution in [-0.4, -0.2) is 127 Å². The summed E-state index contributed by atoms with van der Waals surface area (Å²) in [6.07, 6.45) is 0.863. The van der Waals surface area contributed by atoms with Crippen molar-refractivity contribution in [2.24, 2.45) is 0 Å². The predicted molar refractivity (Wildman–Crippen MR) is 132 cm³/mol. The van der Waals surface area contributed by atoms with Gasteiger partial charge in [-0.3, -0.25) is 29.1 Å². The molecule has 0 aliphatic carbocycles. The first-order valence-corrected chi connectivity index (χ1v) is 12.3. The van der Waals surface area contributed by atoms with Crippen LogP contribution in [0.4, 0.5) is 0 Å². The maximum Gasteiger partial charge on any atom is 0.304 e. The quantitative estimate of drug-likeness (QED) is 0.255. The van der Waals surface area contributed by atoms with Crippen LogP contribution in [0.25, 0.3) is 0 Å². The van der Waals surface area contributed by atoms with Crippen molar-refractivity contribution in [1.82, 2.24) is 14.7 Å². The number of hydrogen-bond acceptors (Lipinski definition) is 8. The van der Waals surface area contributed by atoms with E-state index in [1.165, 1.54) is 0 Å². The molecular formula is C24H47N3O8. The van der Waals surface area contributed by atoms with Crippen molar-refractivity contribution in [3.8, 4) is 0 Å². The number of aliphatic hydroxyl groups is 2. The van der Waals surface area contributed by atoms with Crippen LogP contribution in [0.15, 0.2) is 0 Å². The van der Waals surface area contributed by atoms with Crippen molar-refractivity contribution < 1.29 is 39.9 Å². The van der Waals surface area contributed by atoms with Crippen molar-refractivity contribution in [1.29, 1.82) is 0 Å². The number of aliphatic carboxylic acids is 3. The molecule has 3 aliphatic heterocycles. The molecule has 0 aromatic rings. The molecule has 3 rings (SSSR count). The molecule has 4 atom stereocenters. The second kappa shape index (κ2) is 16.1. The number of hydrogen-bond donors (Lipinski definition) is 5. The van der Waals surface area contributed by atoms with Gasteiger partial charge >= 0.3 is 17.9 Å². The molecule has 0 spiro atoms. The van der Waals surface area contributed by atoms with Crippen molar-refractivity contribution in [2.45, 2.75) is 97.1 Å². The van der Waals surface area contributed by atoms with Gasteiger partial charge < -0.3 is 25.5 Å². The normalized spacial score (nSPS) is 20.2. The van der Waals surface area contributed by atoms with Crippen LogP contribution in [-0.2, 0) is 14.4 Å². The molecule has 3 fully saturated rings. The first-order valence-electron chi connectivity index (χ1n) is 12.3. The second-order valence-electron chi connectivity index (χ2n) is 10.3. The van der Waals surface area contributed by atoms with Gasteiger partial charge in [-0.15, -0.1) is 0 Å². The van der Waals surface area contributed by atoms with Crippen LogP contribution in [0.3, 0.4) is 0 Å². The fourth-order valence-corrected chi connectivity index (χ4v) is 3.36. The van der Waals surface area contributed by atoms with E-state index < -0.39 is 29.6 Å². The molecule has 0 aromatic heterocycles. The van der Waals surface area contributed by atoms with Crippen molar-refractivity contribution in [2.75, 3.05) is 39.3 Å². The summed E-state index contributed by atoms with van der Waals surface area (Å²) in [4.78, 5) is 36.7. The lowest BCUT2D eigenvalue weighted by atomic mass is 10.0. The second-order valence-corrected chi connectivity index (χ2v) is 10.3. The molecule has 4 unspecified atom stereocenters. The number of aliphatic hydroxyl groups excluding tert-OH is 1. The van der Waals surface area contributed by atoms with Crippen molar-refractivity contribution >= 4 is 17.9 Å². The number of carboxylic acids is 3. The smallest absolute Gasteiger partial charge is 0.304 e. The van der Waals surface area contributed by atoms with Gasteiger partial charge in [-0.05, 0) is 41.5 Å². The SMILES string of the molecule is CC(CC(=O)O)N1CC1.CC(CC(=O)O)N1CC1.CC(CC(=O)O)N1CC1.CC(O)CC(C)(C)O. The standard InChI is InChI=1S/3C6H11NO2.C6H14O2/c3*1-5(4-6(8)9)7-2-3-7;1-5(7)4-6(2,3)8/h3*5H,2-4H2,1H3,(H,8,9);5,7-8H,4H2,1-3H3. The zero-order valence-corrected chi connectivity index (χ0v) is 22.2. The minimum Gasteiger partial charge on any atom is -0.481 e. The van der Waals surface area contributed by atoms with Gasteiger partial charge in [0.25, 0.3) is 0 Å². The van der Waals surface area contributed by atoms with E-state index in [1.807, 2.05) is 20.8 Å². The molecule has 206 valence electrons. The topological polar surface area (TPSA) is 161 Å². The van der Waals surface area contributed by atoms with Gasteiger partial charge in [0.2, 0.25) is 0 Å². The van der Waals surface area contributed by atoms with Crippen LogP contribution < -0.4 is 0 Å². The monoisotopic (exact) mass is 505 g/mol. The van der Waals surface area contributed by atoms with Gasteiger partial charge in [0.1, 0.15) is 0 Å². The van der Waals surface area contributed by atoms with Gasteiger partial charge in [0.05, 0.1) is 31.0 Å².